The number of fused-ring (bicyclic) bond motifs is 2. The molecule has 0 aromatic heterocycles. The van der Waals surface area contributed by atoms with Crippen LogP contribution in [0.3, 0.4) is 0 Å². The van der Waals surface area contributed by atoms with Gasteiger partial charge >= 0.3 is 0 Å². The van der Waals surface area contributed by atoms with Crippen LogP contribution in [0.1, 0.15) is 30.9 Å². The third kappa shape index (κ3) is 4.67. The number of halogens is 2. The minimum Gasteiger partial charge on any atom is -0.247 e. The average molecular weight is 459 g/mol. The molecule has 1 unspecified atom stereocenters. The van der Waals surface area contributed by atoms with Gasteiger partial charge in [0.05, 0.1) is 16.3 Å². The third-order valence-corrected chi connectivity index (χ3v) is 7.20. The maximum atomic E-state index is 14.0. The van der Waals surface area contributed by atoms with Gasteiger partial charge in [-0.3, -0.25) is 0 Å². The molecule has 30 heavy (non-hydrogen) atoms. The van der Waals surface area contributed by atoms with E-state index < -0.39 is 11.0 Å². The molecule has 0 fully saturated rings. The second-order valence-electron chi connectivity index (χ2n) is 6.86. The van der Waals surface area contributed by atoms with Crippen LogP contribution in [0.15, 0.2) is 80.3 Å². The highest BCUT2D eigenvalue weighted by molar-refractivity contribution is 7.99. The van der Waals surface area contributed by atoms with Crippen LogP contribution < -0.4 is 4.72 Å². The summed E-state index contributed by atoms with van der Waals surface area (Å²) in [6, 6.07) is 17.7. The molecule has 154 valence electrons. The third-order valence-electron chi connectivity index (χ3n) is 4.68. The van der Waals surface area contributed by atoms with E-state index in [4.69, 9.17) is 16.6 Å². The van der Waals surface area contributed by atoms with E-state index in [9.17, 15) is 8.60 Å². The first-order chi connectivity index (χ1) is 14.5. The smallest absolute Gasteiger partial charge is 0.124 e. The van der Waals surface area contributed by atoms with Gasteiger partial charge in [-0.15, -0.1) is 0 Å². The van der Waals surface area contributed by atoms with Gasteiger partial charge in [0, 0.05) is 32.5 Å². The molecule has 0 saturated carbocycles. The number of hydrogen-bond acceptors (Lipinski definition) is 3. The number of unbranched alkanes of at least 4 members (excludes halogenated alkanes) is 1. The van der Waals surface area contributed by atoms with Crippen LogP contribution >= 0.6 is 23.4 Å². The van der Waals surface area contributed by atoms with Crippen molar-refractivity contribution < 1.29 is 8.60 Å². The van der Waals surface area contributed by atoms with Crippen molar-refractivity contribution in [2.24, 2.45) is 4.99 Å². The normalized spacial score (nSPS) is 13.8. The fourth-order valence-electron chi connectivity index (χ4n) is 3.11. The van der Waals surface area contributed by atoms with Gasteiger partial charge in [-0.05, 0) is 55.0 Å². The molecule has 1 heterocycles. The molecular formula is C23H20ClFN2OS2. The monoisotopic (exact) mass is 458 g/mol. The van der Waals surface area contributed by atoms with E-state index in [1.165, 1.54) is 23.9 Å². The molecule has 0 radical (unpaired) electrons. The highest BCUT2D eigenvalue weighted by atomic mass is 35.5. The zero-order chi connectivity index (χ0) is 21.1. The number of aliphatic imine (C=N–C) groups is 1. The molecule has 1 aliphatic heterocycles. The highest BCUT2D eigenvalue weighted by Crippen LogP contribution is 2.42. The number of benzene rings is 3. The molecule has 3 aromatic rings. The van der Waals surface area contributed by atoms with E-state index in [1.54, 1.807) is 6.07 Å². The van der Waals surface area contributed by atoms with Crippen molar-refractivity contribution in [3.8, 4) is 0 Å². The van der Waals surface area contributed by atoms with Gasteiger partial charge in [0.2, 0.25) is 0 Å². The first kappa shape index (κ1) is 21.2. The number of hydrogen-bond donors (Lipinski definition) is 1. The van der Waals surface area contributed by atoms with Crippen molar-refractivity contribution in [1.82, 2.24) is 4.72 Å². The quantitative estimate of drug-likeness (QED) is 0.334. The molecule has 1 atom stereocenters. The van der Waals surface area contributed by atoms with Gasteiger partial charge in [-0.25, -0.2) is 18.3 Å². The van der Waals surface area contributed by atoms with E-state index in [2.05, 4.69) is 11.6 Å². The SMILES string of the molecule is CCCCNS(=O)c1ccc2c(c1)N=C(c1ccc(Cl)cc1)c1ccc(F)cc1S2. The minimum absolute atomic E-state index is 0.294. The Morgan fingerprint density at radius 3 is 2.63 bits per heavy atom. The molecule has 1 aliphatic rings. The second kappa shape index (κ2) is 9.43. The van der Waals surface area contributed by atoms with Gasteiger partial charge in [0.1, 0.15) is 16.8 Å². The van der Waals surface area contributed by atoms with Gasteiger partial charge < -0.3 is 0 Å². The van der Waals surface area contributed by atoms with Gasteiger partial charge in [0.25, 0.3) is 0 Å². The minimum atomic E-state index is -1.31. The van der Waals surface area contributed by atoms with E-state index in [-0.39, 0.29) is 5.82 Å². The Balaban J connectivity index is 1.80. The van der Waals surface area contributed by atoms with Gasteiger partial charge in [-0.1, -0.05) is 48.8 Å². The van der Waals surface area contributed by atoms with Crippen LogP contribution in [0, 0.1) is 5.82 Å². The summed E-state index contributed by atoms with van der Waals surface area (Å²) < 4.78 is 29.7. The summed E-state index contributed by atoms with van der Waals surface area (Å²) in [7, 11) is -1.31. The van der Waals surface area contributed by atoms with E-state index in [0.717, 1.165) is 39.5 Å². The molecule has 1 N–H and O–H groups in total. The lowest BCUT2D eigenvalue weighted by molar-refractivity contribution is 0.624. The molecule has 0 aliphatic carbocycles. The molecule has 0 amide bonds. The molecule has 0 saturated heterocycles. The Hall–Kier alpha value is -1.99. The largest absolute Gasteiger partial charge is 0.247 e. The van der Waals surface area contributed by atoms with E-state index >= 15 is 0 Å². The van der Waals surface area contributed by atoms with Crippen LogP contribution in [-0.4, -0.2) is 16.5 Å². The summed E-state index contributed by atoms with van der Waals surface area (Å²) in [6.45, 7) is 2.79. The van der Waals surface area contributed by atoms with Crippen molar-refractivity contribution in [2.45, 2.75) is 34.5 Å². The fraction of sp³-hybridized carbons (Fsp3) is 0.174. The van der Waals surface area contributed by atoms with Crippen LogP contribution in [0.25, 0.3) is 0 Å². The van der Waals surface area contributed by atoms with Crippen LogP contribution in [-0.2, 0) is 11.0 Å². The van der Waals surface area contributed by atoms with E-state index in [1.807, 2.05) is 42.5 Å². The average Bonchev–Trinajstić information content (AvgIpc) is 2.90. The summed E-state index contributed by atoms with van der Waals surface area (Å²) in [5.74, 6) is -0.294. The topological polar surface area (TPSA) is 41.5 Å². The fourth-order valence-corrected chi connectivity index (χ4v) is 5.18. The first-order valence-corrected chi connectivity index (χ1v) is 12.0. The summed E-state index contributed by atoms with van der Waals surface area (Å²) in [6.07, 6.45) is 2.00. The summed E-state index contributed by atoms with van der Waals surface area (Å²) >= 11 is 7.52. The number of nitrogens with one attached hydrogen (secondary N) is 1. The molecule has 7 heteroatoms. The molecular weight excluding hydrogens is 439 g/mol. The van der Waals surface area contributed by atoms with Crippen LogP contribution in [0.2, 0.25) is 5.02 Å². The maximum absolute atomic E-state index is 14.0. The van der Waals surface area contributed by atoms with E-state index in [0.29, 0.717) is 22.2 Å². The Morgan fingerprint density at radius 1 is 1.07 bits per heavy atom. The number of nitrogens with zero attached hydrogens (tertiary/aromatic N) is 1. The Kier molecular flexibility index (Phi) is 6.68. The molecule has 4 rings (SSSR count). The predicted octanol–water partition coefficient (Wildman–Crippen LogP) is 6.53. The zero-order valence-corrected chi connectivity index (χ0v) is 18.7. The van der Waals surface area contributed by atoms with Crippen LogP contribution in [0.4, 0.5) is 10.1 Å². The summed E-state index contributed by atoms with van der Waals surface area (Å²) in [5.41, 5.74) is 3.18. The predicted molar refractivity (Wildman–Crippen MR) is 123 cm³/mol. The van der Waals surface area contributed by atoms with Crippen molar-refractivity contribution in [3.63, 3.8) is 0 Å². The Morgan fingerprint density at radius 2 is 1.87 bits per heavy atom. The Bertz CT molecular complexity index is 1130. The van der Waals surface area contributed by atoms with Crippen LogP contribution in [0.5, 0.6) is 0 Å². The highest BCUT2D eigenvalue weighted by Gasteiger charge is 2.20. The second-order valence-corrected chi connectivity index (χ2v) is 9.67. The van der Waals surface area contributed by atoms with Crippen molar-refractivity contribution in [1.29, 1.82) is 0 Å². The molecule has 3 aromatic carbocycles. The van der Waals surface area contributed by atoms with Crippen molar-refractivity contribution >= 4 is 45.7 Å². The standard InChI is InChI=1S/C23H20ClFN2OS2/c1-2-3-12-26-30(28)18-9-11-21-20(14-18)27-23(15-4-6-16(24)7-5-15)19-10-8-17(25)13-22(19)29-21/h4-11,13-14,26H,2-3,12H2,1H3. The van der Waals surface area contributed by atoms with Gasteiger partial charge in [0.15, 0.2) is 0 Å². The molecule has 0 bridgehead atoms. The van der Waals surface area contributed by atoms with Gasteiger partial charge in [-0.2, -0.15) is 0 Å². The lowest BCUT2D eigenvalue weighted by Crippen LogP contribution is -2.18. The summed E-state index contributed by atoms with van der Waals surface area (Å²) in [4.78, 5) is 7.26. The maximum Gasteiger partial charge on any atom is 0.124 e. The van der Waals surface area contributed by atoms with Crippen molar-refractivity contribution in [3.05, 3.63) is 82.6 Å². The first-order valence-electron chi connectivity index (χ1n) is 9.67. The lowest BCUT2D eigenvalue weighted by Gasteiger charge is -2.09. The zero-order valence-electron chi connectivity index (χ0n) is 16.3. The molecule has 3 nitrogen and oxygen atoms in total. The molecule has 0 spiro atoms. The lowest BCUT2D eigenvalue weighted by atomic mass is 10.0. The summed E-state index contributed by atoms with van der Waals surface area (Å²) in [5, 5.41) is 0.637. The number of rotatable bonds is 6. The van der Waals surface area contributed by atoms with Crippen molar-refractivity contribution in [2.75, 3.05) is 6.54 Å². The Labute approximate surface area is 187 Å².